The fourth-order valence-electron chi connectivity index (χ4n) is 4.45. The Morgan fingerprint density at radius 2 is 1.83 bits per heavy atom. The van der Waals surface area contributed by atoms with Crippen LogP contribution in [-0.4, -0.2) is 68.7 Å². The molecular weight excluding hydrogens is 362 g/mol. The van der Waals surface area contributed by atoms with E-state index in [1.807, 2.05) is 32.1 Å². The molecule has 2 saturated heterocycles. The molecule has 0 radical (unpaired) electrons. The number of nitrogens with zero attached hydrogens (tertiary/aromatic N) is 5. The summed E-state index contributed by atoms with van der Waals surface area (Å²) in [5, 5.41) is 6.76. The first kappa shape index (κ1) is 19.8. The number of hydrogen-bond acceptors (Lipinski definition) is 7. The van der Waals surface area contributed by atoms with Gasteiger partial charge in [0.1, 0.15) is 18.0 Å². The van der Waals surface area contributed by atoms with E-state index in [1.54, 1.807) is 6.33 Å². The molecule has 29 heavy (non-hydrogen) atoms. The Morgan fingerprint density at radius 1 is 1.07 bits per heavy atom. The second-order valence-electron chi connectivity index (χ2n) is 8.55. The standard InChI is InChI=1S/C22H33N7/c1-5-28-10-8-22(9-11-28)14-29(15-22)17-6-7-18(19(12-17)23-2)26-20-13-21(27(3)4)25-16-24-20/h6-7,12-13,16,23H,5,8-11,14-15H2,1-4H3,(H,24,25,26). The van der Waals surface area contributed by atoms with Gasteiger partial charge in [-0.1, -0.05) is 6.92 Å². The quantitative estimate of drug-likeness (QED) is 0.778. The summed E-state index contributed by atoms with van der Waals surface area (Å²) >= 11 is 0. The van der Waals surface area contributed by atoms with Crippen LogP contribution in [0.3, 0.4) is 0 Å². The van der Waals surface area contributed by atoms with Crippen LogP contribution < -0.4 is 20.4 Å². The number of piperidine rings is 1. The Labute approximate surface area is 174 Å². The van der Waals surface area contributed by atoms with Gasteiger partial charge in [0, 0.05) is 51.4 Å². The van der Waals surface area contributed by atoms with Crippen molar-refractivity contribution in [1.29, 1.82) is 0 Å². The topological polar surface area (TPSA) is 59.6 Å². The largest absolute Gasteiger partial charge is 0.386 e. The normalized spacial score (nSPS) is 18.4. The van der Waals surface area contributed by atoms with Gasteiger partial charge >= 0.3 is 0 Å². The van der Waals surface area contributed by atoms with Crippen LogP contribution in [0.25, 0.3) is 0 Å². The number of anilines is 5. The van der Waals surface area contributed by atoms with E-state index in [-0.39, 0.29) is 0 Å². The molecule has 0 bridgehead atoms. The van der Waals surface area contributed by atoms with Crippen molar-refractivity contribution in [1.82, 2.24) is 14.9 Å². The van der Waals surface area contributed by atoms with Crippen molar-refractivity contribution in [3.63, 3.8) is 0 Å². The molecule has 3 heterocycles. The monoisotopic (exact) mass is 395 g/mol. The molecular formula is C22H33N7. The lowest BCUT2D eigenvalue weighted by Gasteiger charge is -2.55. The third-order valence-electron chi connectivity index (χ3n) is 6.43. The summed E-state index contributed by atoms with van der Waals surface area (Å²) in [7, 11) is 5.92. The van der Waals surface area contributed by atoms with Crippen molar-refractivity contribution in [2.45, 2.75) is 19.8 Å². The highest BCUT2D eigenvalue weighted by molar-refractivity contribution is 5.78. The first-order valence-electron chi connectivity index (χ1n) is 10.6. The second kappa shape index (κ2) is 8.06. The minimum absolute atomic E-state index is 0.534. The summed E-state index contributed by atoms with van der Waals surface area (Å²) in [6, 6.07) is 8.55. The summed E-state index contributed by atoms with van der Waals surface area (Å²) in [6.45, 7) is 8.31. The molecule has 2 N–H and O–H groups in total. The Bertz CT molecular complexity index is 835. The molecule has 0 aliphatic carbocycles. The van der Waals surface area contributed by atoms with Gasteiger partial charge in [0.2, 0.25) is 0 Å². The molecule has 0 unspecified atom stereocenters. The Morgan fingerprint density at radius 3 is 2.48 bits per heavy atom. The molecule has 0 amide bonds. The van der Waals surface area contributed by atoms with Crippen molar-refractivity contribution < 1.29 is 0 Å². The molecule has 0 saturated carbocycles. The maximum atomic E-state index is 4.36. The molecule has 7 heteroatoms. The van der Waals surface area contributed by atoms with Gasteiger partial charge in [-0.05, 0) is 50.7 Å². The van der Waals surface area contributed by atoms with Crippen molar-refractivity contribution in [2.24, 2.45) is 5.41 Å². The van der Waals surface area contributed by atoms with Crippen LogP contribution in [0.1, 0.15) is 19.8 Å². The van der Waals surface area contributed by atoms with Crippen LogP contribution >= 0.6 is 0 Å². The summed E-state index contributed by atoms with van der Waals surface area (Å²) in [5.41, 5.74) is 3.92. The highest BCUT2D eigenvalue weighted by Crippen LogP contribution is 2.43. The van der Waals surface area contributed by atoms with Gasteiger partial charge in [0.05, 0.1) is 11.4 Å². The highest BCUT2D eigenvalue weighted by atomic mass is 15.2. The van der Waals surface area contributed by atoms with Gasteiger partial charge in [-0.3, -0.25) is 0 Å². The van der Waals surface area contributed by atoms with Gasteiger partial charge in [0.15, 0.2) is 0 Å². The van der Waals surface area contributed by atoms with Crippen molar-refractivity contribution in [3.8, 4) is 0 Å². The fraction of sp³-hybridized carbons (Fsp3) is 0.545. The Kier molecular flexibility index (Phi) is 5.50. The number of rotatable bonds is 6. The molecule has 1 aromatic heterocycles. The molecule has 1 spiro atoms. The number of aromatic nitrogens is 2. The Hall–Kier alpha value is -2.54. The predicted molar refractivity (Wildman–Crippen MR) is 122 cm³/mol. The molecule has 156 valence electrons. The number of benzene rings is 1. The van der Waals surface area contributed by atoms with E-state index in [4.69, 9.17) is 0 Å². The summed E-state index contributed by atoms with van der Waals surface area (Å²) in [4.78, 5) is 15.7. The SMILES string of the molecule is CCN1CCC2(CC1)CN(c1ccc(Nc3cc(N(C)C)ncn3)c(NC)c1)C2. The molecule has 2 fully saturated rings. The minimum atomic E-state index is 0.534. The van der Waals surface area contributed by atoms with Gasteiger partial charge in [0.25, 0.3) is 0 Å². The summed E-state index contributed by atoms with van der Waals surface area (Å²) in [6.07, 6.45) is 4.25. The molecule has 4 rings (SSSR count). The lowest BCUT2D eigenvalue weighted by Crippen LogP contribution is -2.60. The van der Waals surface area contributed by atoms with E-state index >= 15 is 0 Å². The van der Waals surface area contributed by atoms with Gasteiger partial charge in [-0.2, -0.15) is 0 Å². The van der Waals surface area contributed by atoms with Gasteiger partial charge < -0.3 is 25.3 Å². The maximum Gasteiger partial charge on any atom is 0.135 e. The van der Waals surface area contributed by atoms with E-state index in [0.717, 1.165) is 23.0 Å². The predicted octanol–water partition coefficient (Wildman–Crippen LogP) is 3.25. The zero-order valence-corrected chi connectivity index (χ0v) is 18.1. The third kappa shape index (κ3) is 4.10. The molecule has 0 atom stereocenters. The lowest BCUT2D eigenvalue weighted by atomic mass is 9.71. The first-order chi connectivity index (χ1) is 14.0. The zero-order chi connectivity index (χ0) is 20.4. The van der Waals surface area contributed by atoms with E-state index in [9.17, 15) is 0 Å². The lowest BCUT2D eigenvalue weighted by molar-refractivity contribution is 0.0795. The fourth-order valence-corrected chi connectivity index (χ4v) is 4.45. The van der Waals surface area contributed by atoms with E-state index in [1.165, 1.54) is 51.3 Å². The average molecular weight is 396 g/mol. The van der Waals surface area contributed by atoms with Crippen molar-refractivity contribution in [3.05, 3.63) is 30.6 Å². The van der Waals surface area contributed by atoms with E-state index < -0.39 is 0 Å². The summed E-state index contributed by atoms with van der Waals surface area (Å²) < 4.78 is 0. The Balaban J connectivity index is 1.43. The van der Waals surface area contributed by atoms with Crippen LogP contribution in [0.2, 0.25) is 0 Å². The minimum Gasteiger partial charge on any atom is -0.386 e. The number of hydrogen-bond donors (Lipinski definition) is 2. The van der Waals surface area contributed by atoms with Gasteiger partial charge in [-0.25, -0.2) is 9.97 Å². The third-order valence-corrected chi connectivity index (χ3v) is 6.43. The molecule has 2 aliphatic heterocycles. The first-order valence-corrected chi connectivity index (χ1v) is 10.6. The second-order valence-corrected chi connectivity index (χ2v) is 8.55. The van der Waals surface area contributed by atoms with Crippen LogP contribution in [0.5, 0.6) is 0 Å². The van der Waals surface area contributed by atoms with Crippen molar-refractivity contribution in [2.75, 3.05) is 74.3 Å². The number of likely N-dealkylation sites (tertiary alicyclic amines) is 1. The van der Waals surface area contributed by atoms with Crippen LogP contribution in [-0.2, 0) is 0 Å². The highest BCUT2D eigenvalue weighted by Gasteiger charge is 2.44. The van der Waals surface area contributed by atoms with Crippen molar-refractivity contribution >= 4 is 28.7 Å². The van der Waals surface area contributed by atoms with Crippen LogP contribution in [0.15, 0.2) is 30.6 Å². The van der Waals surface area contributed by atoms with E-state index in [2.05, 4.69) is 55.5 Å². The average Bonchev–Trinajstić information content (AvgIpc) is 2.72. The molecule has 2 aliphatic rings. The molecule has 2 aromatic rings. The van der Waals surface area contributed by atoms with Gasteiger partial charge in [-0.15, -0.1) is 0 Å². The van der Waals surface area contributed by atoms with Crippen LogP contribution in [0, 0.1) is 5.41 Å². The summed E-state index contributed by atoms with van der Waals surface area (Å²) in [5.74, 6) is 1.67. The molecule has 7 nitrogen and oxygen atoms in total. The maximum absolute atomic E-state index is 4.36. The molecule has 1 aromatic carbocycles. The van der Waals surface area contributed by atoms with E-state index in [0.29, 0.717) is 5.41 Å². The number of nitrogens with one attached hydrogen (secondary N) is 2. The van der Waals surface area contributed by atoms with Crippen LogP contribution in [0.4, 0.5) is 28.7 Å². The zero-order valence-electron chi connectivity index (χ0n) is 18.1. The smallest absolute Gasteiger partial charge is 0.135 e.